The molecule has 2 aromatic heterocycles. The van der Waals surface area contributed by atoms with E-state index >= 15 is 0 Å². The Kier molecular flexibility index (Phi) is 3.39. The van der Waals surface area contributed by atoms with E-state index in [0.717, 1.165) is 16.9 Å². The number of nitrogens with zero attached hydrogens (tertiary/aromatic N) is 1. The molecule has 0 radical (unpaired) electrons. The molecule has 2 heterocycles. The normalized spacial score (nSPS) is 12.1. The highest BCUT2D eigenvalue weighted by molar-refractivity contribution is 7.12. The number of pyridine rings is 1. The van der Waals surface area contributed by atoms with Gasteiger partial charge in [0.05, 0.1) is 0 Å². The second kappa shape index (κ2) is 4.97. The number of rotatable bonds is 4. The third-order valence-corrected chi connectivity index (χ3v) is 3.19. The minimum Gasteiger partial charge on any atom is -0.484 e. The summed E-state index contributed by atoms with van der Waals surface area (Å²) >= 11 is 1.16. The van der Waals surface area contributed by atoms with Crippen LogP contribution in [0.5, 0.6) is 5.75 Å². The van der Waals surface area contributed by atoms with Crippen molar-refractivity contribution in [2.24, 2.45) is 0 Å². The molecule has 0 aliphatic carbocycles. The van der Waals surface area contributed by atoms with Gasteiger partial charge < -0.3 is 9.84 Å². The van der Waals surface area contributed by atoms with Crippen molar-refractivity contribution in [2.75, 3.05) is 0 Å². The zero-order valence-electron chi connectivity index (χ0n) is 9.16. The van der Waals surface area contributed by atoms with Crippen molar-refractivity contribution in [3.8, 4) is 5.75 Å². The van der Waals surface area contributed by atoms with Crippen LogP contribution in [0.15, 0.2) is 36.0 Å². The van der Waals surface area contributed by atoms with Crippen LogP contribution in [0.4, 0.5) is 0 Å². The molecule has 0 aliphatic rings. The Bertz CT molecular complexity index is 509. The van der Waals surface area contributed by atoms with Gasteiger partial charge in [-0.15, -0.1) is 11.3 Å². The number of thiophene rings is 1. The Morgan fingerprint density at radius 3 is 2.76 bits per heavy atom. The van der Waals surface area contributed by atoms with Gasteiger partial charge in [0, 0.05) is 12.4 Å². The van der Waals surface area contributed by atoms with Crippen molar-refractivity contribution in [3.63, 3.8) is 0 Å². The number of aromatic carboxylic acids is 1. The predicted molar refractivity (Wildman–Crippen MR) is 64.6 cm³/mol. The fourth-order valence-corrected chi connectivity index (χ4v) is 2.10. The Morgan fingerprint density at radius 1 is 1.41 bits per heavy atom. The van der Waals surface area contributed by atoms with E-state index in [1.807, 2.05) is 19.1 Å². The van der Waals surface area contributed by atoms with E-state index < -0.39 is 5.97 Å². The van der Waals surface area contributed by atoms with Gasteiger partial charge in [-0.1, -0.05) is 0 Å². The lowest BCUT2D eigenvalue weighted by Crippen LogP contribution is -2.05. The lowest BCUT2D eigenvalue weighted by atomic mass is 10.2. The summed E-state index contributed by atoms with van der Waals surface area (Å²) in [5.74, 6) is -0.552. The minimum atomic E-state index is -0.961. The van der Waals surface area contributed by atoms with Crippen molar-refractivity contribution in [1.29, 1.82) is 0 Å². The van der Waals surface area contributed by atoms with E-state index in [1.54, 1.807) is 23.8 Å². The molecule has 0 bridgehead atoms. The van der Waals surface area contributed by atoms with E-state index in [-0.39, 0.29) is 11.0 Å². The van der Waals surface area contributed by atoms with Gasteiger partial charge in [-0.2, -0.15) is 0 Å². The highest BCUT2D eigenvalue weighted by Crippen LogP contribution is 2.29. The molecule has 4 nitrogen and oxygen atoms in total. The minimum absolute atomic E-state index is 0.203. The van der Waals surface area contributed by atoms with E-state index in [2.05, 4.69) is 4.98 Å². The number of carbonyl (C=O) groups is 1. The Balaban J connectivity index is 2.16. The fourth-order valence-electron chi connectivity index (χ4n) is 1.44. The van der Waals surface area contributed by atoms with Crippen LogP contribution in [0, 0.1) is 0 Å². The van der Waals surface area contributed by atoms with Crippen LogP contribution in [-0.4, -0.2) is 16.1 Å². The van der Waals surface area contributed by atoms with E-state index in [1.165, 1.54) is 0 Å². The Morgan fingerprint density at radius 2 is 2.12 bits per heavy atom. The van der Waals surface area contributed by atoms with Gasteiger partial charge in [-0.05, 0) is 36.1 Å². The van der Waals surface area contributed by atoms with Gasteiger partial charge in [0.25, 0.3) is 0 Å². The summed E-state index contributed by atoms with van der Waals surface area (Å²) in [7, 11) is 0. The maximum Gasteiger partial charge on any atom is 0.349 e. The summed E-state index contributed by atoms with van der Waals surface area (Å²) < 4.78 is 5.63. The van der Waals surface area contributed by atoms with Gasteiger partial charge >= 0.3 is 5.97 Å². The molecule has 2 rings (SSSR count). The first-order valence-electron chi connectivity index (χ1n) is 5.06. The number of hydrogen-bond acceptors (Lipinski definition) is 4. The van der Waals surface area contributed by atoms with E-state index in [4.69, 9.17) is 9.84 Å². The van der Waals surface area contributed by atoms with Crippen molar-refractivity contribution >= 4 is 17.3 Å². The molecule has 0 fully saturated rings. The summed E-state index contributed by atoms with van der Waals surface area (Å²) in [6, 6.07) is 5.36. The second-order valence-electron chi connectivity index (χ2n) is 3.46. The van der Waals surface area contributed by atoms with Crippen LogP contribution in [0.1, 0.15) is 28.3 Å². The van der Waals surface area contributed by atoms with Crippen LogP contribution >= 0.6 is 11.3 Å². The maximum atomic E-state index is 10.9. The summed E-state index contributed by atoms with van der Waals surface area (Å²) in [5, 5.41) is 10.7. The van der Waals surface area contributed by atoms with Gasteiger partial charge in [-0.25, -0.2) is 4.79 Å². The smallest absolute Gasteiger partial charge is 0.349 e. The largest absolute Gasteiger partial charge is 0.484 e. The summed E-state index contributed by atoms with van der Waals surface area (Å²) in [6.07, 6.45) is 3.16. The Hall–Kier alpha value is -1.88. The molecule has 0 spiro atoms. The summed E-state index contributed by atoms with van der Waals surface area (Å²) in [5.41, 5.74) is 0.961. The molecule has 88 valence electrons. The number of carboxylic acid groups (broad SMARTS) is 1. The Labute approximate surface area is 103 Å². The molecule has 0 aliphatic heterocycles. The average Bonchev–Trinajstić information content (AvgIpc) is 2.78. The van der Waals surface area contributed by atoms with Gasteiger partial charge in [0.2, 0.25) is 0 Å². The summed E-state index contributed by atoms with van der Waals surface area (Å²) in [6.45, 7) is 1.87. The number of aromatic nitrogens is 1. The van der Waals surface area contributed by atoms with Crippen molar-refractivity contribution in [3.05, 3.63) is 46.4 Å². The lowest BCUT2D eigenvalue weighted by Gasteiger charge is -2.14. The first-order chi connectivity index (χ1) is 8.18. The van der Waals surface area contributed by atoms with E-state index in [0.29, 0.717) is 5.75 Å². The third kappa shape index (κ3) is 2.62. The van der Waals surface area contributed by atoms with Gasteiger partial charge in [-0.3, -0.25) is 4.98 Å². The lowest BCUT2D eigenvalue weighted by molar-refractivity contribution is 0.0696. The van der Waals surface area contributed by atoms with Gasteiger partial charge in [0.15, 0.2) is 4.88 Å². The molecule has 1 N–H and O–H groups in total. The quantitative estimate of drug-likeness (QED) is 0.904. The highest BCUT2D eigenvalue weighted by atomic mass is 32.1. The standard InChI is InChI=1S/C12H11NO3S/c1-8(9-2-5-13-6-3-9)16-10-4-7-17-11(10)12(14)15/h2-8H,1H3,(H,14,15). The number of hydrogen-bond donors (Lipinski definition) is 1. The van der Waals surface area contributed by atoms with E-state index in [9.17, 15) is 4.79 Å². The van der Waals surface area contributed by atoms with Crippen molar-refractivity contribution in [2.45, 2.75) is 13.0 Å². The molecule has 5 heteroatoms. The number of ether oxygens (including phenoxy) is 1. The topological polar surface area (TPSA) is 59.4 Å². The van der Waals surface area contributed by atoms with Crippen LogP contribution in [0.3, 0.4) is 0 Å². The molecular formula is C12H11NO3S. The van der Waals surface area contributed by atoms with Crippen LogP contribution < -0.4 is 4.74 Å². The van der Waals surface area contributed by atoms with Crippen molar-refractivity contribution < 1.29 is 14.6 Å². The zero-order valence-corrected chi connectivity index (χ0v) is 9.98. The number of carboxylic acids is 1. The molecule has 1 unspecified atom stereocenters. The highest BCUT2D eigenvalue weighted by Gasteiger charge is 2.16. The molecule has 0 amide bonds. The second-order valence-corrected chi connectivity index (χ2v) is 4.38. The van der Waals surface area contributed by atoms with Gasteiger partial charge in [0.1, 0.15) is 11.9 Å². The molecule has 0 aromatic carbocycles. The molecule has 0 saturated heterocycles. The predicted octanol–water partition coefficient (Wildman–Crippen LogP) is 2.98. The third-order valence-electron chi connectivity index (χ3n) is 2.30. The molecule has 1 atom stereocenters. The SMILES string of the molecule is CC(Oc1ccsc1C(=O)O)c1ccncc1. The van der Waals surface area contributed by atoms with Crippen LogP contribution in [-0.2, 0) is 0 Å². The zero-order chi connectivity index (χ0) is 12.3. The summed E-state index contributed by atoms with van der Waals surface area (Å²) in [4.78, 5) is 15.1. The fraction of sp³-hybridized carbons (Fsp3) is 0.167. The molecule has 0 saturated carbocycles. The van der Waals surface area contributed by atoms with Crippen LogP contribution in [0.25, 0.3) is 0 Å². The average molecular weight is 249 g/mol. The molecule has 17 heavy (non-hydrogen) atoms. The van der Waals surface area contributed by atoms with Crippen molar-refractivity contribution in [1.82, 2.24) is 4.98 Å². The first kappa shape index (κ1) is 11.6. The van der Waals surface area contributed by atoms with Crippen LogP contribution in [0.2, 0.25) is 0 Å². The maximum absolute atomic E-state index is 10.9. The molecular weight excluding hydrogens is 238 g/mol. The molecule has 2 aromatic rings. The monoisotopic (exact) mass is 249 g/mol. The first-order valence-corrected chi connectivity index (χ1v) is 5.94.